The van der Waals surface area contributed by atoms with Crippen molar-refractivity contribution in [2.75, 3.05) is 12.3 Å². The number of nitrogen functional groups attached to an aromatic ring is 1. The van der Waals surface area contributed by atoms with Crippen LogP contribution in [0, 0.1) is 11.6 Å². The van der Waals surface area contributed by atoms with Gasteiger partial charge in [0.25, 0.3) is 5.91 Å². The zero-order valence-electron chi connectivity index (χ0n) is 16.8. The highest BCUT2D eigenvalue weighted by atomic mass is 35.5. The molecule has 11 heteroatoms. The van der Waals surface area contributed by atoms with E-state index >= 15 is 4.39 Å². The Morgan fingerprint density at radius 2 is 1.91 bits per heavy atom. The van der Waals surface area contributed by atoms with Crippen LogP contribution in [0.3, 0.4) is 0 Å². The summed E-state index contributed by atoms with van der Waals surface area (Å²) in [6.07, 6.45) is -2.00. The van der Waals surface area contributed by atoms with Gasteiger partial charge in [-0.25, -0.2) is 17.7 Å². The average molecular weight is 476 g/mol. The summed E-state index contributed by atoms with van der Waals surface area (Å²) < 4.78 is 44.1. The minimum atomic E-state index is -1.93. The van der Waals surface area contributed by atoms with Gasteiger partial charge in [0.1, 0.15) is 23.9 Å². The first kappa shape index (κ1) is 22.6. The van der Waals surface area contributed by atoms with Gasteiger partial charge in [-0.2, -0.15) is 4.98 Å². The molecule has 2 atom stereocenters. The van der Waals surface area contributed by atoms with Gasteiger partial charge in [-0.3, -0.25) is 4.79 Å². The van der Waals surface area contributed by atoms with E-state index in [1.54, 1.807) is 6.07 Å². The number of aliphatic hydroxyl groups is 1. The molecule has 7 nitrogen and oxygen atoms in total. The monoisotopic (exact) mass is 475 g/mol. The summed E-state index contributed by atoms with van der Waals surface area (Å²) in [5, 5.41) is 16.1. The Morgan fingerprint density at radius 1 is 1.18 bits per heavy atom. The Morgan fingerprint density at radius 3 is 2.64 bits per heavy atom. The quantitative estimate of drug-likeness (QED) is 0.394. The van der Waals surface area contributed by atoms with Crippen LogP contribution < -0.4 is 11.1 Å². The number of pyridine rings is 1. The van der Waals surface area contributed by atoms with E-state index in [1.165, 1.54) is 41.0 Å². The number of fused-ring (bicyclic) bond motifs is 1. The molecule has 1 amide bonds. The normalized spacial score (nSPS) is 13.1. The van der Waals surface area contributed by atoms with Crippen molar-refractivity contribution in [3.05, 3.63) is 82.5 Å². The van der Waals surface area contributed by atoms with Crippen molar-refractivity contribution in [3.8, 4) is 11.1 Å². The van der Waals surface area contributed by atoms with Crippen LogP contribution in [0.25, 0.3) is 16.8 Å². The van der Waals surface area contributed by atoms with Crippen LogP contribution in [0.15, 0.2) is 54.7 Å². The van der Waals surface area contributed by atoms with Crippen molar-refractivity contribution >= 4 is 29.1 Å². The second-order valence-electron chi connectivity index (χ2n) is 7.19. The van der Waals surface area contributed by atoms with Crippen LogP contribution in [0.4, 0.5) is 19.1 Å². The fourth-order valence-corrected chi connectivity index (χ4v) is 3.54. The first-order valence-corrected chi connectivity index (χ1v) is 10.1. The Bertz CT molecular complexity index is 1330. The standard InChI is InChI=1S/C22H17ClF3N5O2/c23-15-6-5-14(12-7-8-31-17(9-12)29-22(27)30-31)19(26)18(15)21(33)28-10-16(25)20(32)11-1-3-13(24)4-2-11/h1-9,16,20,32H,10H2,(H2,27,30)(H,28,33)/t16-,20+/m0/s1. The lowest BCUT2D eigenvalue weighted by atomic mass is 10.0. The number of nitrogens with zero attached hydrogens (tertiary/aromatic N) is 3. The van der Waals surface area contributed by atoms with Crippen molar-refractivity contribution in [2.45, 2.75) is 12.3 Å². The van der Waals surface area contributed by atoms with Crippen molar-refractivity contribution in [2.24, 2.45) is 0 Å². The van der Waals surface area contributed by atoms with Crippen molar-refractivity contribution in [1.29, 1.82) is 0 Å². The van der Waals surface area contributed by atoms with E-state index in [0.717, 1.165) is 12.1 Å². The molecule has 0 aliphatic carbocycles. The molecule has 0 unspecified atom stereocenters. The molecule has 4 N–H and O–H groups in total. The van der Waals surface area contributed by atoms with Crippen molar-refractivity contribution in [3.63, 3.8) is 0 Å². The fourth-order valence-electron chi connectivity index (χ4n) is 3.31. The minimum absolute atomic E-state index is 0.0485. The molecule has 0 saturated heterocycles. The molecular formula is C22H17ClF3N5O2. The summed E-state index contributed by atoms with van der Waals surface area (Å²) in [7, 11) is 0. The molecule has 0 spiro atoms. The Balaban J connectivity index is 1.54. The number of amides is 1. The molecular weight excluding hydrogens is 459 g/mol. The molecule has 170 valence electrons. The summed E-state index contributed by atoms with van der Waals surface area (Å²) in [6, 6.07) is 10.5. The number of nitrogens with two attached hydrogens (primary N) is 1. The predicted octanol–water partition coefficient (Wildman–Crippen LogP) is 3.71. The highest BCUT2D eigenvalue weighted by Gasteiger charge is 2.24. The number of anilines is 1. The molecule has 2 heterocycles. The third-order valence-corrected chi connectivity index (χ3v) is 5.31. The molecule has 4 aromatic rings. The van der Waals surface area contributed by atoms with Gasteiger partial charge in [-0.1, -0.05) is 23.7 Å². The van der Waals surface area contributed by atoms with Crippen LogP contribution in [-0.2, 0) is 0 Å². The number of nitrogens with one attached hydrogen (secondary N) is 1. The van der Waals surface area contributed by atoms with E-state index in [0.29, 0.717) is 11.2 Å². The molecule has 0 saturated carbocycles. The number of carbonyl (C=O) groups excluding carboxylic acids is 1. The number of aliphatic hydroxyl groups excluding tert-OH is 1. The molecule has 2 aromatic heterocycles. The third-order valence-electron chi connectivity index (χ3n) is 4.99. The number of hydrogen-bond acceptors (Lipinski definition) is 5. The van der Waals surface area contributed by atoms with E-state index in [-0.39, 0.29) is 22.1 Å². The highest BCUT2D eigenvalue weighted by molar-refractivity contribution is 6.34. The SMILES string of the molecule is Nc1nc2cc(-c3ccc(Cl)c(C(=O)NC[C@H](F)[C@H](O)c4ccc(F)cc4)c3F)ccn2n1. The fraction of sp³-hybridized carbons (Fsp3) is 0.136. The highest BCUT2D eigenvalue weighted by Crippen LogP contribution is 2.30. The molecule has 33 heavy (non-hydrogen) atoms. The lowest BCUT2D eigenvalue weighted by molar-refractivity contribution is 0.0714. The largest absolute Gasteiger partial charge is 0.385 e. The van der Waals surface area contributed by atoms with Gasteiger partial charge in [0.05, 0.1) is 17.1 Å². The number of aromatic nitrogens is 3. The average Bonchev–Trinajstić information content (AvgIpc) is 3.16. The van der Waals surface area contributed by atoms with Crippen LogP contribution in [0.1, 0.15) is 22.0 Å². The molecule has 0 aliphatic heterocycles. The van der Waals surface area contributed by atoms with E-state index in [4.69, 9.17) is 17.3 Å². The topological polar surface area (TPSA) is 106 Å². The van der Waals surface area contributed by atoms with Gasteiger partial charge in [-0.05, 0) is 47.5 Å². The Labute approximate surface area is 190 Å². The van der Waals surface area contributed by atoms with Crippen LogP contribution in [0.2, 0.25) is 5.02 Å². The number of benzene rings is 2. The van der Waals surface area contributed by atoms with Crippen LogP contribution in [-0.4, -0.2) is 38.3 Å². The Kier molecular flexibility index (Phi) is 6.21. The number of hydrogen-bond donors (Lipinski definition) is 3. The second-order valence-corrected chi connectivity index (χ2v) is 7.60. The number of rotatable bonds is 6. The summed E-state index contributed by atoms with van der Waals surface area (Å²) >= 11 is 6.05. The molecule has 0 bridgehead atoms. The smallest absolute Gasteiger partial charge is 0.255 e. The summed E-state index contributed by atoms with van der Waals surface area (Å²) in [6.45, 7) is -0.623. The van der Waals surface area contributed by atoms with Gasteiger partial charge in [0.2, 0.25) is 5.95 Å². The first-order valence-electron chi connectivity index (χ1n) is 9.70. The minimum Gasteiger partial charge on any atom is -0.385 e. The molecule has 0 aliphatic rings. The third kappa shape index (κ3) is 4.62. The van der Waals surface area contributed by atoms with Gasteiger partial charge in [0, 0.05) is 11.8 Å². The van der Waals surface area contributed by atoms with Crippen LogP contribution >= 0.6 is 11.6 Å². The van der Waals surface area contributed by atoms with E-state index in [9.17, 15) is 18.7 Å². The van der Waals surface area contributed by atoms with Gasteiger partial charge in [-0.15, -0.1) is 5.10 Å². The second kappa shape index (κ2) is 9.08. The molecule has 2 aromatic carbocycles. The van der Waals surface area contributed by atoms with E-state index < -0.39 is 41.9 Å². The van der Waals surface area contributed by atoms with Gasteiger partial charge in [0.15, 0.2) is 5.65 Å². The number of alkyl halides is 1. The van der Waals surface area contributed by atoms with Gasteiger partial charge >= 0.3 is 0 Å². The molecule has 4 rings (SSSR count). The number of halogens is 4. The lowest BCUT2D eigenvalue weighted by Gasteiger charge is -2.17. The van der Waals surface area contributed by atoms with E-state index in [1.807, 2.05) is 0 Å². The lowest BCUT2D eigenvalue weighted by Crippen LogP contribution is -2.34. The van der Waals surface area contributed by atoms with Gasteiger partial charge < -0.3 is 16.2 Å². The summed E-state index contributed by atoms with van der Waals surface area (Å²) in [5.41, 5.74) is 6.06. The van der Waals surface area contributed by atoms with Crippen LogP contribution in [0.5, 0.6) is 0 Å². The maximum atomic E-state index is 15.3. The summed E-state index contributed by atoms with van der Waals surface area (Å²) in [5.74, 6) is -2.36. The molecule has 0 radical (unpaired) electrons. The maximum Gasteiger partial charge on any atom is 0.255 e. The van der Waals surface area contributed by atoms with E-state index in [2.05, 4.69) is 15.4 Å². The predicted molar refractivity (Wildman–Crippen MR) is 116 cm³/mol. The zero-order valence-corrected chi connectivity index (χ0v) is 17.6. The first-order chi connectivity index (χ1) is 15.7. The maximum absolute atomic E-state index is 15.3. The zero-order chi connectivity index (χ0) is 23.7. The Hall–Kier alpha value is -3.63. The van der Waals surface area contributed by atoms with Crippen molar-refractivity contribution < 1.29 is 23.1 Å². The number of carbonyl (C=O) groups is 1. The molecule has 0 fully saturated rings. The van der Waals surface area contributed by atoms with Crippen molar-refractivity contribution in [1.82, 2.24) is 19.9 Å². The summed E-state index contributed by atoms with van der Waals surface area (Å²) in [4.78, 5) is 16.6.